The van der Waals surface area contributed by atoms with Crippen molar-refractivity contribution < 1.29 is 0 Å². The summed E-state index contributed by atoms with van der Waals surface area (Å²) in [5.41, 5.74) is 7.92. The third-order valence-corrected chi connectivity index (χ3v) is 2.02. The van der Waals surface area contributed by atoms with E-state index in [1.807, 2.05) is 25.3 Å². The first-order valence-electron chi connectivity index (χ1n) is 4.43. The normalized spacial score (nSPS) is 13.4. The van der Waals surface area contributed by atoms with Crippen LogP contribution in [0.1, 0.15) is 6.92 Å². The van der Waals surface area contributed by atoms with Crippen LogP contribution >= 0.6 is 0 Å². The molecule has 2 rings (SSSR count). The summed E-state index contributed by atoms with van der Waals surface area (Å²) in [5.74, 6) is 0. The number of hydrogen-bond donors (Lipinski definition) is 1. The van der Waals surface area contributed by atoms with Crippen LogP contribution in [0.5, 0.6) is 0 Å². The standard InChI is InChI=1S/C10H13N3/c1-8(11)7-13-6-4-9-10(13)3-2-5-12-9/h2-6,8H,7,11H2,1H3/t8-/m0/s1. The van der Waals surface area contributed by atoms with Crippen LogP contribution in [0, 0.1) is 0 Å². The van der Waals surface area contributed by atoms with Gasteiger partial charge in [0, 0.05) is 25.0 Å². The van der Waals surface area contributed by atoms with Gasteiger partial charge in [0.15, 0.2) is 0 Å². The summed E-state index contributed by atoms with van der Waals surface area (Å²) in [6.07, 6.45) is 3.83. The summed E-state index contributed by atoms with van der Waals surface area (Å²) in [6, 6.07) is 6.19. The fourth-order valence-corrected chi connectivity index (χ4v) is 1.49. The van der Waals surface area contributed by atoms with Gasteiger partial charge in [0.2, 0.25) is 0 Å². The zero-order chi connectivity index (χ0) is 9.26. The van der Waals surface area contributed by atoms with Gasteiger partial charge in [0.1, 0.15) is 0 Å². The summed E-state index contributed by atoms with van der Waals surface area (Å²) < 4.78 is 2.13. The molecule has 0 radical (unpaired) electrons. The van der Waals surface area contributed by atoms with Crippen LogP contribution in [0.3, 0.4) is 0 Å². The van der Waals surface area contributed by atoms with E-state index in [2.05, 4.69) is 15.6 Å². The van der Waals surface area contributed by atoms with Gasteiger partial charge in [-0.2, -0.15) is 0 Å². The van der Waals surface area contributed by atoms with Crippen molar-refractivity contribution in [2.75, 3.05) is 0 Å². The van der Waals surface area contributed by atoms with Gasteiger partial charge in [-0.25, -0.2) is 0 Å². The summed E-state index contributed by atoms with van der Waals surface area (Å²) in [5, 5.41) is 0. The number of hydrogen-bond acceptors (Lipinski definition) is 2. The lowest BCUT2D eigenvalue weighted by molar-refractivity contribution is 0.605. The monoisotopic (exact) mass is 175 g/mol. The van der Waals surface area contributed by atoms with Crippen molar-refractivity contribution in [2.45, 2.75) is 19.5 Å². The highest BCUT2D eigenvalue weighted by atomic mass is 15.0. The average molecular weight is 175 g/mol. The van der Waals surface area contributed by atoms with Gasteiger partial charge in [0.05, 0.1) is 11.0 Å². The van der Waals surface area contributed by atoms with Crippen LogP contribution in [0.2, 0.25) is 0 Å². The van der Waals surface area contributed by atoms with Gasteiger partial charge in [-0.3, -0.25) is 4.98 Å². The molecule has 1 atom stereocenters. The fraction of sp³-hybridized carbons (Fsp3) is 0.300. The maximum atomic E-state index is 5.73. The lowest BCUT2D eigenvalue weighted by Gasteiger charge is -2.07. The highest BCUT2D eigenvalue weighted by molar-refractivity contribution is 5.75. The molecule has 0 aliphatic carbocycles. The van der Waals surface area contributed by atoms with Gasteiger partial charge in [-0.05, 0) is 25.1 Å². The number of nitrogens with two attached hydrogens (primary N) is 1. The molecule has 2 heterocycles. The molecule has 3 nitrogen and oxygen atoms in total. The minimum Gasteiger partial charge on any atom is -0.345 e. The topological polar surface area (TPSA) is 43.8 Å². The molecular weight excluding hydrogens is 162 g/mol. The smallest absolute Gasteiger partial charge is 0.0880 e. The third-order valence-electron chi connectivity index (χ3n) is 2.02. The van der Waals surface area contributed by atoms with E-state index in [-0.39, 0.29) is 6.04 Å². The number of rotatable bonds is 2. The predicted octanol–water partition coefficient (Wildman–Crippen LogP) is 1.38. The molecule has 0 bridgehead atoms. The summed E-state index contributed by atoms with van der Waals surface area (Å²) in [7, 11) is 0. The van der Waals surface area contributed by atoms with Crippen LogP contribution in [-0.2, 0) is 6.54 Å². The van der Waals surface area contributed by atoms with Crippen LogP contribution in [0.15, 0.2) is 30.6 Å². The Labute approximate surface area is 77.2 Å². The molecule has 2 aromatic rings. The molecule has 68 valence electrons. The zero-order valence-electron chi connectivity index (χ0n) is 7.64. The first-order chi connectivity index (χ1) is 6.27. The average Bonchev–Trinajstić information content (AvgIpc) is 2.48. The largest absolute Gasteiger partial charge is 0.345 e. The highest BCUT2D eigenvalue weighted by Crippen LogP contribution is 2.12. The van der Waals surface area contributed by atoms with E-state index in [4.69, 9.17) is 5.73 Å². The maximum absolute atomic E-state index is 5.73. The second-order valence-electron chi connectivity index (χ2n) is 3.35. The lowest BCUT2D eigenvalue weighted by atomic mass is 10.3. The van der Waals surface area contributed by atoms with Crippen LogP contribution in [0.4, 0.5) is 0 Å². The molecule has 0 saturated heterocycles. The summed E-state index contributed by atoms with van der Waals surface area (Å²) in [6.45, 7) is 2.84. The second kappa shape index (κ2) is 3.18. The second-order valence-corrected chi connectivity index (χ2v) is 3.35. The van der Waals surface area contributed by atoms with Crippen molar-refractivity contribution in [3.63, 3.8) is 0 Å². The van der Waals surface area contributed by atoms with E-state index >= 15 is 0 Å². The van der Waals surface area contributed by atoms with Gasteiger partial charge in [-0.1, -0.05) is 0 Å². The molecule has 3 heteroatoms. The lowest BCUT2D eigenvalue weighted by Crippen LogP contribution is -2.21. The van der Waals surface area contributed by atoms with Crippen LogP contribution in [-0.4, -0.2) is 15.6 Å². The highest BCUT2D eigenvalue weighted by Gasteiger charge is 2.01. The molecule has 0 aliphatic rings. The van der Waals surface area contributed by atoms with E-state index < -0.39 is 0 Å². The molecule has 0 fully saturated rings. The van der Waals surface area contributed by atoms with Crippen LogP contribution in [0.25, 0.3) is 11.0 Å². The quantitative estimate of drug-likeness (QED) is 0.749. The molecule has 0 saturated carbocycles. The third kappa shape index (κ3) is 1.55. The van der Waals surface area contributed by atoms with E-state index in [9.17, 15) is 0 Å². The van der Waals surface area contributed by atoms with Crippen molar-refractivity contribution >= 4 is 11.0 Å². The summed E-state index contributed by atoms with van der Waals surface area (Å²) in [4.78, 5) is 4.25. The summed E-state index contributed by atoms with van der Waals surface area (Å²) >= 11 is 0. The Hall–Kier alpha value is -1.35. The molecule has 0 spiro atoms. The Morgan fingerprint density at radius 1 is 1.54 bits per heavy atom. The van der Waals surface area contributed by atoms with Gasteiger partial charge >= 0.3 is 0 Å². The molecule has 2 aromatic heterocycles. The molecular formula is C10H13N3. The Bertz CT molecular complexity index is 403. The first kappa shape index (κ1) is 8.26. The Kier molecular flexibility index (Phi) is 2.02. The molecule has 0 aliphatic heterocycles. The maximum Gasteiger partial charge on any atom is 0.0880 e. The van der Waals surface area contributed by atoms with E-state index in [0.29, 0.717) is 0 Å². The van der Waals surface area contributed by atoms with Crippen molar-refractivity contribution in [1.82, 2.24) is 9.55 Å². The molecule has 0 amide bonds. The van der Waals surface area contributed by atoms with Crippen molar-refractivity contribution in [1.29, 1.82) is 0 Å². The Morgan fingerprint density at radius 3 is 3.15 bits per heavy atom. The van der Waals surface area contributed by atoms with Gasteiger partial charge in [0.25, 0.3) is 0 Å². The number of nitrogens with zero attached hydrogens (tertiary/aromatic N) is 2. The Morgan fingerprint density at radius 2 is 2.38 bits per heavy atom. The minimum absolute atomic E-state index is 0.177. The zero-order valence-corrected chi connectivity index (χ0v) is 7.64. The minimum atomic E-state index is 0.177. The molecule has 0 unspecified atom stereocenters. The van der Waals surface area contributed by atoms with Crippen molar-refractivity contribution in [3.8, 4) is 0 Å². The number of aromatic nitrogens is 2. The van der Waals surface area contributed by atoms with Crippen molar-refractivity contribution in [3.05, 3.63) is 30.6 Å². The number of fused-ring (bicyclic) bond motifs is 1. The SMILES string of the molecule is C[C@H](N)Cn1ccc2ncccc21. The molecule has 0 aromatic carbocycles. The fourth-order valence-electron chi connectivity index (χ4n) is 1.49. The van der Waals surface area contributed by atoms with Crippen LogP contribution < -0.4 is 5.73 Å². The number of pyridine rings is 1. The van der Waals surface area contributed by atoms with Gasteiger partial charge < -0.3 is 10.3 Å². The first-order valence-corrected chi connectivity index (χ1v) is 4.43. The van der Waals surface area contributed by atoms with E-state index in [0.717, 1.165) is 17.6 Å². The predicted molar refractivity (Wildman–Crippen MR) is 53.4 cm³/mol. The molecule has 13 heavy (non-hydrogen) atoms. The van der Waals surface area contributed by atoms with Gasteiger partial charge in [-0.15, -0.1) is 0 Å². The van der Waals surface area contributed by atoms with E-state index in [1.54, 1.807) is 6.20 Å². The van der Waals surface area contributed by atoms with E-state index in [1.165, 1.54) is 0 Å². The molecule has 2 N–H and O–H groups in total. The van der Waals surface area contributed by atoms with Crippen molar-refractivity contribution in [2.24, 2.45) is 5.73 Å². The Balaban J connectivity index is 2.46.